The second-order valence-electron chi connectivity index (χ2n) is 5.88. The van der Waals surface area contributed by atoms with Crippen LogP contribution in [0.4, 0.5) is 0 Å². The normalized spacial score (nSPS) is 23.3. The SMILES string of the molecule is COC1(c2ccccc2)NC(=O)c2ccccc2C1(C)C. The van der Waals surface area contributed by atoms with E-state index >= 15 is 0 Å². The Morgan fingerprint density at radius 1 is 0.952 bits per heavy atom. The summed E-state index contributed by atoms with van der Waals surface area (Å²) in [5.74, 6) is -0.101. The zero-order valence-electron chi connectivity index (χ0n) is 12.5. The lowest BCUT2D eigenvalue weighted by Crippen LogP contribution is -2.62. The Morgan fingerprint density at radius 3 is 2.24 bits per heavy atom. The molecule has 108 valence electrons. The number of ether oxygens (including phenoxy) is 1. The summed E-state index contributed by atoms with van der Waals surface area (Å²) in [6, 6.07) is 17.6. The minimum Gasteiger partial charge on any atom is -0.354 e. The van der Waals surface area contributed by atoms with Crippen molar-refractivity contribution in [2.75, 3.05) is 7.11 Å². The van der Waals surface area contributed by atoms with Crippen LogP contribution in [0.1, 0.15) is 35.3 Å². The van der Waals surface area contributed by atoms with Gasteiger partial charge in [0.2, 0.25) is 0 Å². The van der Waals surface area contributed by atoms with E-state index in [1.54, 1.807) is 7.11 Å². The van der Waals surface area contributed by atoms with Crippen molar-refractivity contribution in [2.45, 2.75) is 25.0 Å². The zero-order chi connectivity index (χ0) is 15.1. The molecule has 1 amide bonds. The van der Waals surface area contributed by atoms with Crippen LogP contribution >= 0.6 is 0 Å². The first-order valence-corrected chi connectivity index (χ1v) is 7.05. The van der Waals surface area contributed by atoms with Crippen LogP contribution in [0.2, 0.25) is 0 Å². The molecule has 1 heterocycles. The van der Waals surface area contributed by atoms with E-state index in [1.807, 2.05) is 54.6 Å². The number of benzene rings is 2. The van der Waals surface area contributed by atoms with Crippen LogP contribution in [-0.4, -0.2) is 13.0 Å². The average molecular weight is 281 g/mol. The summed E-state index contributed by atoms with van der Waals surface area (Å²) >= 11 is 0. The van der Waals surface area contributed by atoms with Gasteiger partial charge >= 0.3 is 0 Å². The van der Waals surface area contributed by atoms with Crippen LogP contribution in [0.5, 0.6) is 0 Å². The van der Waals surface area contributed by atoms with E-state index in [-0.39, 0.29) is 5.91 Å². The van der Waals surface area contributed by atoms with Gasteiger partial charge in [-0.1, -0.05) is 62.4 Å². The number of carbonyl (C=O) groups excluding carboxylic acids is 1. The molecule has 1 aliphatic heterocycles. The third kappa shape index (κ3) is 1.81. The molecule has 0 spiro atoms. The van der Waals surface area contributed by atoms with Crippen LogP contribution in [0, 0.1) is 0 Å². The Hall–Kier alpha value is -2.13. The van der Waals surface area contributed by atoms with Crippen LogP contribution in [0.3, 0.4) is 0 Å². The fraction of sp³-hybridized carbons (Fsp3) is 0.278. The molecular weight excluding hydrogens is 262 g/mol. The maximum absolute atomic E-state index is 12.5. The molecule has 0 aliphatic carbocycles. The molecule has 2 aromatic carbocycles. The van der Waals surface area contributed by atoms with Crippen molar-refractivity contribution in [1.82, 2.24) is 5.32 Å². The highest BCUT2D eigenvalue weighted by Gasteiger charge is 2.53. The molecule has 0 saturated carbocycles. The van der Waals surface area contributed by atoms with Crippen molar-refractivity contribution < 1.29 is 9.53 Å². The Balaban J connectivity index is 2.27. The topological polar surface area (TPSA) is 38.3 Å². The first-order chi connectivity index (χ1) is 10.0. The molecule has 21 heavy (non-hydrogen) atoms. The monoisotopic (exact) mass is 281 g/mol. The quantitative estimate of drug-likeness (QED) is 0.918. The van der Waals surface area contributed by atoms with E-state index in [2.05, 4.69) is 19.2 Å². The number of methoxy groups -OCH3 is 1. The average Bonchev–Trinajstić information content (AvgIpc) is 2.52. The van der Waals surface area contributed by atoms with Crippen molar-refractivity contribution in [1.29, 1.82) is 0 Å². The van der Waals surface area contributed by atoms with Crippen LogP contribution < -0.4 is 5.32 Å². The van der Waals surface area contributed by atoms with Crippen molar-refractivity contribution in [2.24, 2.45) is 0 Å². The minimum atomic E-state index is -0.875. The third-order valence-corrected chi connectivity index (χ3v) is 4.50. The minimum absolute atomic E-state index is 0.101. The molecule has 1 atom stereocenters. The number of rotatable bonds is 2. The number of hydrogen-bond donors (Lipinski definition) is 1. The van der Waals surface area contributed by atoms with Crippen LogP contribution in [0.25, 0.3) is 0 Å². The lowest BCUT2D eigenvalue weighted by atomic mass is 9.67. The van der Waals surface area contributed by atoms with Crippen molar-refractivity contribution in [3.63, 3.8) is 0 Å². The second-order valence-corrected chi connectivity index (χ2v) is 5.88. The number of nitrogens with one attached hydrogen (secondary N) is 1. The predicted octanol–water partition coefficient (Wildman–Crippen LogP) is 3.21. The first-order valence-electron chi connectivity index (χ1n) is 7.05. The van der Waals surface area contributed by atoms with Gasteiger partial charge in [0.05, 0.1) is 0 Å². The van der Waals surface area contributed by atoms with E-state index in [4.69, 9.17) is 4.74 Å². The molecule has 0 fully saturated rings. The standard InChI is InChI=1S/C18H19NO2/c1-17(2)15-12-8-7-11-14(15)16(20)19-18(17,21-3)13-9-5-4-6-10-13/h4-12H,1-3H3,(H,19,20). The Morgan fingerprint density at radius 2 is 1.57 bits per heavy atom. The molecule has 0 radical (unpaired) electrons. The van der Waals surface area contributed by atoms with E-state index in [0.29, 0.717) is 5.56 Å². The Labute approximate surface area is 124 Å². The summed E-state index contributed by atoms with van der Waals surface area (Å²) < 4.78 is 5.88. The molecule has 1 unspecified atom stereocenters. The molecule has 0 saturated heterocycles. The number of fused-ring (bicyclic) bond motifs is 1. The van der Waals surface area contributed by atoms with E-state index in [1.165, 1.54) is 0 Å². The molecular formula is C18H19NO2. The van der Waals surface area contributed by atoms with Gasteiger partial charge in [-0.2, -0.15) is 0 Å². The van der Waals surface area contributed by atoms with Gasteiger partial charge in [0, 0.05) is 23.7 Å². The van der Waals surface area contributed by atoms with Gasteiger partial charge in [0.1, 0.15) is 0 Å². The Bertz CT molecular complexity index is 679. The maximum Gasteiger partial charge on any atom is 0.254 e. The summed E-state index contributed by atoms with van der Waals surface area (Å²) in [5, 5.41) is 3.08. The lowest BCUT2D eigenvalue weighted by Gasteiger charge is -2.50. The molecule has 0 bridgehead atoms. The van der Waals surface area contributed by atoms with Gasteiger partial charge in [0.15, 0.2) is 5.72 Å². The van der Waals surface area contributed by atoms with Gasteiger partial charge in [-0.05, 0) is 11.6 Å². The highest BCUT2D eigenvalue weighted by Crippen LogP contribution is 2.46. The molecule has 3 nitrogen and oxygen atoms in total. The van der Waals surface area contributed by atoms with E-state index < -0.39 is 11.1 Å². The first kappa shape index (κ1) is 13.8. The molecule has 1 N–H and O–H groups in total. The molecule has 3 rings (SSSR count). The summed E-state index contributed by atoms with van der Waals surface area (Å²) in [4.78, 5) is 12.5. The van der Waals surface area contributed by atoms with Gasteiger partial charge in [-0.25, -0.2) is 0 Å². The summed E-state index contributed by atoms with van der Waals surface area (Å²) in [6.45, 7) is 4.20. The molecule has 1 aliphatic rings. The highest BCUT2D eigenvalue weighted by molar-refractivity contribution is 5.98. The van der Waals surface area contributed by atoms with Crippen molar-refractivity contribution in [3.8, 4) is 0 Å². The third-order valence-electron chi connectivity index (χ3n) is 4.50. The van der Waals surface area contributed by atoms with Gasteiger partial charge in [0.25, 0.3) is 5.91 Å². The van der Waals surface area contributed by atoms with Gasteiger partial charge in [-0.15, -0.1) is 0 Å². The van der Waals surface area contributed by atoms with E-state index in [0.717, 1.165) is 11.1 Å². The van der Waals surface area contributed by atoms with Gasteiger partial charge in [-0.3, -0.25) is 4.79 Å². The predicted molar refractivity (Wildman–Crippen MR) is 82.1 cm³/mol. The fourth-order valence-electron chi connectivity index (χ4n) is 3.33. The molecule has 0 aromatic heterocycles. The summed E-state index contributed by atoms with van der Waals surface area (Å²) in [6.07, 6.45) is 0. The van der Waals surface area contributed by atoms with Crippen molar-refractivity contribution in [3.05, 3.63) is 71.3 Å². The van der Waals surface area contributed by atoms with Crippen LogP contribution in [0.15, 0.2) is 54.6 Å². The molecule has 2 aromatic rings. The smallest absolute Gasteiger partial charge is 0.254 e. The lowest BCUT2D eigenvalue weighted by molar-refractivity contribution is -0.0952. The largest absolute Gasteiger partial charge is 0.354 e. The highest BCUT2D eigenvalue weighted by atomic mass is 16.5. The van der Waals surface area contributed by atoms with Crippen molar-refractivity contribution >= 4 is 5.91 Å². The number of amides is 1. The fourth-order valence-corrected chi connectivity index (χ4v) is 3.33. The van der Waals surface area contributed by atoms with Crippen LogP contribution in [-0.2, 0) is 15.9 Å². The number of hydrogen-bond acceptors (Lipinski definition) is 2. The van der Waals surface area contributed by atoms with Gasteiger partial charge < -0.3 is 10.1 Å². The molecule has 3 heteroatoms. The maximum atomic E-state index is 12.5. The second kappa shape index (κ2) is 4.71. The Kier molecular flexibility index (Phi) is 3.10. The van der Waals surface area contributed by atoms with E-state index in [9.17, 15) is 4.79 Å². The summed E-state index contributed by atoms with van der Waals surface area (Å²) in [7, 11) is 1.64. The number of carbonyl (C=O) groups is 1. The summed E-state index contributed by atoms with van der Waals surface area (Å²) in [5.41, 5.74) is 1.39. The zero-order valence-corrected chi connectivity index (χ0v) is 12.5.